The van der Waals surface area contributed by atoms with Crippen molar-refractivity contribution in [3.8, 4) is 5.75 Å². The molecule has 0 bridgehead atoms. The second-order valence-electron chi connectivity index (χ2n) is 6.22. The van der Waals surface area contributed by atoms with Crippen molar-refractivity contribution in [1.29, 1.82) is 0 Å². The van der Waals surface area contributed by atoms with Gasteiger partial charge in [-0.25, -0.2) is 0 Å². The highest BCUT2D eigenvalue weighted by molar-refractivity contribution is 5.90. The topological polar surface area (TPSA) is 38.8 Å². The summed E-state index contributed by atoms with van der Waals surface area (Å²) in [6.45, 7) is 7.52. The van der Waals surface area contributed by atoms with Crippen LogP contribution in [0, 0.1) is 0 Å². The van der Waals surface area contributed by atoms with Gasteiger partial charge in [0.25, 0.3) is 0 Å². The van der Waals surface area contributed by atoms with Crippen LogP contribution < -0.4 is 4.74 Å². The molecule has 1 aliphatic rings. The number of carbonyl (C=O) groups excluding carboxylic acids is 1. The van der Waals surface area contributed by atoms with Gasteiger partial charge in [0, 0.05) is 12.1 Å². The Bertz CT molecular complexity index is 712. The van der Waals surface area contributed by atoms with Gasteiger partial charge in [0.05, 0.1) is 0 Å². The lowest BCUT2D eigenvalue weighted by Crippen LogP contribution is -2.41. The molecule has 2 aromatic carbocycles. The number of likely N-dealkylation sites (N-methyl/N-ethyl adjacent to an activating group) is 1. The molecular formula is C21H25NO3. The lowest BCUT2D eigenvalue weighted by molar-refractivity contribution is -0.149. The first-order valence-corrected chi connectivity index (χ1v) is 8.89. The first kappa shape index (κ1) is 17.5. The van der Waals surface area contributed by atoms with E-state index in [0.717, 1.165) is 36.5 Å². The number of hydrogen-bond donors (Lipinski definition) is 0. The molecule has 3 rings (SSSR count). The molecule has 4 heteroatoms. The summed E-state index contributed by atoms with van der Waals surface area (Å²) < 4.78 is 11.6. The van der Waals surface area contributed by atoms with Crippen LogP contribution in [-0.2, 0) is 14.9 Å². The number of para-hydroxylation sites is 1. The third kappa shape index (κ3) is 3.27. The number of hydrogen-bond acceptors (Lipinski definition) is 4. The van der Waals surface area contributed by atoms with E-state index < -0.39 is 5.41 Å². The molecule has 1 atom stereocenters. The second kappa shape index (κ2) is 7.70. The molecule has 0 aliphatic carbocycles. The summed E-state index contributed by atoms with van der Waals surface area (Å²) in [4.78, 5) is 15.4. The molecule has 25 heavy (non-hydrogen) atoms. The fourth-order valence-electron chi connectivity index (χ4n) is 3.39. The standard InChI is InChI=1S/C21H25NO3/c1-3-22(4-2)14-15-24-20(23)21(17-10-6-5-7-11-17)16-25-19-13-9-8-12-18(19)21/h5-13H,3-4,14-16H2,1-2H3. The van der Waals surface area contributed by atoms with E-state index in [1.165, 1.54) is 0 Å². The first-order valence-electron chi connectivity index (χ1n) is 8.89. The van der Waals surface area contributed by atoms with Crippen LogP contribution in [0.1, 0.15) is 25.0 Å². The van der Waals surface area contributed by atoms with Crippen LogP contribution in [0.5, 0.6) is 5.75 Å². The molecule has 1 unspecified atom stereocenters. The Kier molecular flexibility index (Phi) is 5.39. The van der Waals surface area contributed by atoms with E-state index in [1.807, 2.05) is 54.6 Å². The van der Waals surface area contributed by atoms with E-state index in [4.69, 9.17) is 9.47 Å². The minimum absolute atomic E-state index is 0.240. The van der Waals surface area contributed by atoms with Gasteiger partial charge in [-0.3, -0.25) is 4.79 Å². The van der Waals surface area contributed by atoms with Gasteiger partial charge in [-0.05, 0) is 24.7 Å². The summed E-state index contributed by atoms with van der Waals surface area (Å²) in [5.41, 5.74) is 0.906. The lowest BCUT2D eigenvalue weighted by atomic mass is 9.76. The van der Waals surface area contributed by atoms with Crippen molar-refractivity contribution >= 4 is 5.97 Å². The van der Waals surface area contributed by atoms with Gasteiger partial charge in [0.15, 0.2) is 5.41 Å². The summed E-state index contributed by atoms with van der Waals surface area (Å²) in [6.07, 6.45) is 0. The predicted molar refractivity (Wildman–Crippen MR) is 97.9 cm³/mol. The van der Waals surface area contributed by atoms with Crippen molar-refractivity contribution in [3.05, 3.63) is 65.7 Å². The monoisotopic (exact) mass is 339 g/mol. The Labute approximate surface area is 149 Å². The summed E-state index contributed by atoms with van der Waals surface area (Å²) in [7, 11) is 0. The fourth-order valence-corrected chi connectivity index (χ4v) is 3.39. The smallest absolute Gasteiger partial charge is 0.324 e. The maximum Gasteiger partial charge on any atom is 0.324 e. The van der Waals surface area contributed by atoms with E-state index in [1.54, 1.807) is 0 Å². The molecule has 0 aromatic heterocycles. The maximum atomic E-state index is 13.2. The molecule has 0 saturated carbocycles. The van der Waals surface area contributed by atoms with Gasteiger partial charge < -0.3 is 14.4 Å². The molecule has 0 spiro atoms. The van der Waals surface area contributed by atoms with E-state index in [-0.39, 0.29) is 12.6 Å². The highest BCUT2D eigenvalue weighted by atomic mass is 16.5. The highest BCUT2D eigenvalue weighted by Gasteiger charge is 2.50. The van der Waals surface area contributed by atoms with Gasteiger partial charge in [0.1, 0.15) is 19.0 Å². The molecule has 2 aromatic rings. The number of benzene rings is 2. The van der Waals surface area contributed by atoms with E-state index in [0.29, 0.717) is 6.61 Å². The minimum atomic E-state index is -0.888. The zero-order valence-corrected chi connectivity index (χ0v) is 14.9. The summed E-state index contributed by atoms with van der Waals surface area (Å²) in [5.74, 6) is 0.517. The van der Waals surface area contributed by atoms with Crippen molar-refractivity contribution in [2.24, 2.45) is 0 Å². The van der Waals surface area contributed by atoms with Gasteiger partial charge in [-0.1, -0.05) is 62.4 Å². The number of esters is 1. The maximum absolute atomic E-state index is 13.2. The Hall–Kier alpha value is -2.33. The molecule has 0 N–H and O–H groups in total. The largest absolute Gasteiger partial charge is 0.491 e. The quantitative estimate of drug-likeness (QED) is 0.726. The molecular weight excluding hydrogens is 314 g/mol. The Morgan fingerprint density at radius 1 is 1.08 bits per heavy atom. The molecule has 132 valence electrons. The molecule has 4 nitrogen and oxygen atoms in total. The van der Waals surface area contributed by atoms with Crippen LogP contribution in [0.25, 0.3) is 0 Å². The van der Waals surface area contributed by atoms with E-state index >= 15 is 0 Å². The number of fused-ring (bicyclic) bond motifs is 1. The molecule has 0 radical (unpaired) electrons. The Morgan fingerprint density at radius 3 is 2.48 bits per heavy atom. The van der Waals surface area contributed by atoms with Gasteiger partial charge in [-0.15, -0.1) is 0 Å². The third-order valence-electron chi connectivity index (χ3n) is 4.94. The molecule has 1 aliphatic heterocycles. The Morgan fingerprint density at radius 2 is 1.76 bits per heavy atom. The van der Waals surface area contributed by atoms with Gasteiger partial charge >= 0.3 is 5.97 Å². The number of ether oxygens (including phenoxy) is 2. The van der Waals surface area contributed by atoms with Crippen LogP contribution in [-0.4, -0.2) is 43.7 Å². The molecule has 0 fully saturated rings. The first-order chi connectivity index (χ1) is 12.2. The van der Waals surface area contributed by atoms with Crippen LogP contribution in [0.15, 0.2) is 54.6 Å². The average molecular weight is 339 g/mol. The van der Waals surface area contributed by atoms with Crippen LogP contribution in [0.4, 0.5) is 0 Å². The zero-order chi connectivity index (χ0) is 17.7. The molecule has 0 amide bonds. The fraction of sp³-hybridized carbons (Fsp3) is 0.381. The summed E-state index contributed by atoms with van der Waals surface area (Å²) >= 11 is 0. The highest BCUT2D eigenvalue weighted by Crippen LogP contribution is 2.44. The normalized spacial score (nSPS) is 18.7. The van der Waals surface area contributed by atoms with E-state index in [2.05, 4.69) is 18.7 Å². The van der Waals surface area contributed by atoms with Crippen molar-refractivity contribution in [2.75, 3.05) is 32.8 Å². The second-order valence-corrected chi connectivity index (χ2v) is 6.22. The van der Waals surface area contributed by atoms with E-state index in [9.17, 15) is 4.79 Å². The van der Waals surface area contributed by atoms with Crippen LogP contribution in [0.3, 0.4) is 0 Å². The Balaban J connectivity index is 1.88. The third-order valence-corrected chi connectivity index (χ3v) is 4.94. The molecule has 1 heterocycles. The number of rotatable bonds is 7. The molecule has 0 saturated heterocycles. The minimum Gasteiger partial charge on any atom is -0.491 e. The van der Waals surface area contributed by atoms with Crippen molar-refractivity contribution in [2.45, 2.75) is 19.3 Å². The van der Waals surface area contributed by atoms with Crippen LogP contribution >= 0.6 is 0 Å². The van der Waals surface area contributed by atoms with Gasteiger partial charge in [-0.2, -0.15) is 0 Å². The number of carbonyl (C=O) groups is 1. The summed E-state index contributed by atoms with van der Waals surface area (Å²) in [6, 6.07) is 17.5. The number of nitrogens with zero attached hydrogens (tertiary/aromatic N) is 1. The van der Waals surface area contributed by atoms with Crippen molar-refractivity contribution < 1.29 is 14.3 Å². The average Bonchev–Trinajstić information content (AvgIpc) is 3.06. The zero-order valence-electron chi connectivity index (χ0n) is 14.9. The van der Waals surface area contributed by atoms with Crippen molar-refractivity contribution in [3.63, 3.8) is 0 Å². The van der Waals surface area contributed by atoms with Crippen LogP contribution in [0.2, 0.25) is 0 Å². The van der Waals surface area contributed by atoms with Gasteiger partial charge in [0.2, 0.25) is 0 Å². The van der Waals surface area contributed by atoms with Crippen molar-refractivity contribution in [1.82, 2.24) is 4.90 Å². The summed E-state index contributed by atoms with van der Waals surface area (Å²) in [5, 5.41) is 0. The SMILES string of the molecule is CCN(CC)CCOC(=O)C1(c2ccccc2)COc2ccccc21. The lowest BCUT2D eigenvalue weighted by Gasteiger charge is -2.27. The predicted octanol–water partition coefficient (Wildman–Crippen LogP) is 3.25.